The fourth-order valence-electron chi connectivity index (χ4n) is 3.26. The number of carbonyl (C=O) groups is 1. The summed E-state index contributed by atoms with van der Waals surface area (Å²) in [5.74, 6) is -0.372. The first-order valence-electron chi connectivity index (χ1n) is 9.35. The quantitative estimate of drug-likeness (QED) is 0.456. The van der Waals surface area contributed by atoms with Gasteiger partial charge in [-0.25, -0.2) is 8.78 Å². The monoisotopic (exact) mass is 386 g/mol. The highest BCUT2D eigenvalue weighted by Gasteiger charge is 2.23. The van der Waals surface area contributed by atoms with Crippen LogP contribution in [-0.4, -0.2) is 32.0 Å². The van der Waals surface area contributed by atoms with E-state index in [9.17, 15) is 13.6 Å². The molecule has 0 unspecified atom stereocenters. The Morgan fingerprint density at radius 1 is 1.18 bits per heavy atom. The fourth-order valence-corrected chi connectivity index (χ4v) is 3.26. The van der Waals surface area contributed by atoms with Crippen molar-refractivity contribution in [3.8, 4) is 0 Å². The SMILES string of the molecule is CN=C(NCCCC(=O)N1CCc2ccccc21)NCc1cc(F)ccc1F. The number of nitrogens with zero attached hydrogens (tertiary/aromatic N) is 2. The van der Waals surface area contributed by atoms with Crippen LogP contribution in [0.1, 0.15) is 24.0 Å². The molecule has 0 aliphatic carbocycles. The van der Waals surface area contributed by atoms with Crippen molar-refractivity contribution in [3.63, 3.8) is 0 Å². The van der Waals surface area contributed by atoms with Crippen molar-refractivity contribution in [2.75, 3.05) is 25.0 Å². The molecule has 148 valence electrons. The van der Waals surface area contributed by atoms with Crippen LogP contribution in [0.2, 0.25) is 0 Å². The van der Waals surface area contributed by atoms with Gasteiger partial charge in [0.25, 0.3) is 0 Å². The minimum absolute atomic E-state index is 0.108. The number of benzene rings is 2. The summed E-state index contributed by atoms with van der Waals surface area (Å²) < 4.78 is 26.9. The summed E-state index contributed by atoms with van der Waals surface area (Å²) in [5, 5.41) is 6.04. The Balaban J connectivity index is 1.41. The number of nitrogens with one attached hydrogen (secondary N) is 2. The molecule has 1 aliphatic heterocycles. The number of carbonyl (C=O) groups excluding carboxylic acids is 1. The van der Waals surface area contributed by atoms with Crippen molar-refractivity contribution in [2.24, 2.45) is 4.99 Å². The van der Waals surface area contributed by atoms with E-state index in [1.54, 1.807) is 7.05 Å². The first-order valence-corrected chi connectivity index (χ1v) is 9.35. The van der Waals surface area contributed by atoms with Gasteiger partial charge in [0.05, 0.1) is 0 Å². The van der Waals surface area contributed by atoms with Crippen molar-refractivity contribution < 1.29 is 13.6 Å². The first kappa shape index (κ1) is 19.8. The van der Waals surface area contributed by atoms with Crippen molar-refractivity contribution in [1.29, 1.82) is 0 Å². The van der Waals surface area contributed by atoms with Crippen LogP contribution in [0.5, 0.6) is 0 Å². The van der Waals surface area contributed by atoms with Gasteiger partial charge in [0, 0.05) is 44.4 Å². The summed E-state index contributed by atoms with van der Waals surface area (Å²) in [6, 6.07) is 11.3. The van der Waals surface area contributed by atoms with E-state index >= 15 is 0 Å². The summed E-state index contributed by atoms with van der Waals surface area (Å²) >= 11 is 0. The molecule has 2 aromatic carbocycles. The highest BCUT2D eigenvalue weighted by molar-refractivity contribution is 5.95. The van der Waals surface area contributed by atoms with Gasteiger partial charge in [-0.1, -0.05) is 18.2 Å². The molecule has 2 N–H and O–H groups in total. The highest BCUT2D eigenvalue weighted by Crippen LogP contribution is 2.27. The summed E-state index contributed by atoms with van der Waals surface area (Å²) in [6.45, 7) is 1.40. The Bertz CT molecular complexity index is 869. The van der Waals surface area contributed by atoms with Gasteiger partial charge < -0.3 is 15.5 Å². The molecule has 7 heteroatoms. The lowest BCUT2D eigenvalue weighted by Gasteiger charge is -2.17. The molecule has 0 radical (unpaired) electrons. The number of guanidine groups is 1. The Hall–Kier alpha value is -2.96. The number of para-hydroxylation sites is 1. The predicted molar refractivity (Wildman–Crippen MR) is 106 cm³/mol. The molecular formula is C21H24F2N4O. The Morgan fingerprint density at radius 2 is 2.00 bits per heavy atom. The number of hydrogen-bond acceptors (Lipinski definition) is 2. The van der Waals surface area contributed by atoms with Gasteiger partial charge in [-0.2, -0.15) is 0 Å². The zero-order valence-electron chi connectivity index (χ0n) is 15.8. The second-order valence-electron chi connectivity index (χ2n) is 6.62. The van der Waals surface area contributed by atoms with Gasteiger partial charge in [-0.05, 0) is 42.7 Å². The summed E-state index contributed by atoms with van der Waals surface area (Å²) in [5.41, 5.74) is 2.45. The molecule has 28 heavy (non-hydrogen) atoms. The molecule has 0 aromatic heterocycles. The number of fused-ring (bicyclic) bond motifs is 1. The average molecular weight is 386 g/mol. The minimum atomic E-state index is -0.483. The Kier molecular flexibility index (Phi) is 6.57. The van der Waals surface area contributed by atoms with Crippen LogP contribution in [-0.2, 0) is 17.8 Å². The number of anilines is 1. The van der Waals surface area contributed by atoms with E-state index in [1.165, 1.54) is 5.56 Å². The third-order valence-electron chi connectivity index (χ3n) is 4.73. The minimum Gasteiger partial charge on any atom is -0.356 e. The standard InChI is InChI=1S/C21H24F2N4O/c1-24-21(26-14-16-13-17(22)8-9-18(16)23)25-11-4-7-20(28)27-12-10-15-5-2-3-6-19(15)27/h2-3,5-6,8-9,13H,4,7,10-12,14H2,1H3,(H2,24,25,26). The second-order valence-corrected chi connectivity index (χ2v) is 6.62. The Labute approximate surface area is 163 Å². The van der Waals surface area contributed by atoms with Crippen molar-refractivity contribution in [2.45, 2.75) is 25.8 Å². The molecule has 0 fully saturated rings. The van der Waals surface area contributed by atoms with Crippen molar-refractivity contribution >= 4 is 17.6 Å². The van der Waals surface area contributed by atoms with Crippen molar-refractivity contribution in [1.82, 2.24) is 10.6 Å². The molecule has 1 aliphatic rings. The van der Waals surface area contributed by atoms with E-state index in [0.29, 0.717) is 25.3 Å². The normalized spacial score (nSPS) is 13.4. The van der Waals surface area contributed by atoms with Crippen LogP contribution in [0.25, 0.3) is 0 Å². The van der Waals surface area contributed by atoms with Crippen LogP contribution >= 0.6 is 0 Å². The smallest absolute Gasteiger partial charge is 0.227 e. The fraction of sp³-hybridized carbons (Fsp3) is 0.333. The molecular weight excluding hydrogens is 362 g/mol. The Morgan fingerprint density at radius 3 is 2.82 bits per heavy atom. The van der Waals surface area contributed by atoms with Crippen LogP contribution < -0.4 is 15.5 Å². The molecule has 0 atom stereocenters. The summed E-state index contributed by atoms with van der Waals surface area (Å²) in [7, 11) is 1.60. The topological polar surface area (TPSA) is 56.7 Å². The number of halogens is 2. The number of hydrogen-bond donors (Lipinski definition) is 2. The lowest BCUT2D eigenvalue weighted by atomic mass is 10.2. The van der Waals surface area contributed by atoms with Crippen molar-refractivity contribution in [3.05, 3.63) is 65.2 Å². The van der Waals surface area contributed by atoms with E-state index in [-0.39, 0.29) is 18.0 Å². The molecule has 2 aromatic rings. The second kappa shape index (κ2) is 9.30. The largest absolute Gasteiger partial charge is 0.356 e. The highest BCUT2D eigenvalue weighted by atomic mass is 19.1. The molecule has 1 heterocycles. The van der Waals surface area contributed by atoms with Crippen LogP contribution in [0.3, 0.4) is 0 Å². The lowest BCUT2D eigenvalue weighted by Crippen LogP contribution is -2.38. The summed E-state index contributed by atoms with van der Waals surface area (Å²) in [6.07, 6.45) is 1.97. The predicted octanol–water partition coefficient (Wildman–Crippen LogP) is 3.00. The molecule has 0 saturated heterocycles. The molecule has 0 spiro atoms. The first-order chi connectivity index (χ1) is 13.6. The van der Waals surface area contributed by atoms with E-state index in [1.807, 2.05) is 23.1 Å². The lowest BCUT2D eigenvalue weighted by molar-refractivity contribution is -0.118. The third-order valence-corrected chi connectivity index (χ3v) is 4.73. The van der Waals surface area contributed by atoms with E-state index in [0.717, 1.165) is 36.9 Å². The maximum absolute atomic E-state index is 13.7. The molecule has 0 saturated carbocycles. The molecule has 0 bridgehead atoms. The van der Waals surface area contributed by atoms with Gasteiger partial charge in [0.1, 0.15) is 11.6 Å². The van der Waals surface area contributed by atoms with E-state index in [4.69, 9.17) is 0 Å². The average Bonchev–Trinajstić information content (AvgIpc) is 3.14. The van der Waals surface area contributed by atoms with Gasteiger partial charge >= 0.3 is 0 Å². The third kappa shape index (κ3) is 4.85. The van der Waals surface area contributed by atoms with Crippen LogP contribution in [0.4, 0.5) is 14.5 Å². The van der Waals surface area contributed by atoms with E-state index < -0.39 is 11.6 Å². The van der Waals surface area contributed by atoms with Crippen LogP contribution in [0.15, 0.2) is 47.5 Å². The zero-order chi connectivity index (χ0) is 19.9. The van der Waals surface area contributed by atoms with Crippen LogP contribution in [0, 0.1) is 11.6 Å². The number of amides is 1. The molecule has 3 rings (SSSR count). The van der Waals surface area contributed by atoms with Gasteiger partial charge in [0.15, 0.2) is 5.96 Å². The van der Waals surface area contributed by atoms with Gasteiger partial charge in [-0.15, -0.1) is 0 Å². The zero-order valence-corrected chi connectivity index (χ0v) is 15.8. The molecule has 1 amide bonds. The maximum atomic E-state index is 13.7. The maximum Gasteiger partial charge on any atom is 0.227 e. The summed E-state index contributed by atoms with van der Waals surface area (Å²) in [4.78, 5) is 18.4. The number of rotatable bonds is 6. The molecule has 5 nitrogen and oxygen atoms in total. The van der Waals surface area contributed by atoms with Gasteiger partial charge in [-0.3, -0.25) is 9.79 Å². The van der Waals surface area contributed by atoms with E-state index in [2.05, 4.69) is 21.7 Å². The number of aliphatic imine (C=N–C) groups is 1. The van der Waals surface area contributed by atoms with Gasteiger partial charge in [0.2, 0.25) is 5.91 Å².